The molecule has 4 rings (SSSR count). The predicted molar refractivity (Wildman–Crippen MR) is 102 cm³/mol. The number of ether oxygens (including phenoxy) is 2. The highest BCUT2D eigenvalue weighted by molar-refractivity contribution is 5.79. The predicted octanol–water partition coefficient (Wildman–Crippen LogP) is 6.40. The van der Waals surface area contributed by atoms with Crippen LogP contribution in [0, 0.1) is 23.3 Å². The Balaban J connectivity index is 1.75. The van der Waals surface area contributed by atoms with Gasteiger partial charge in [0.2, 0.25) is 5.82 Å². The fourth-order valence-electron chi connectivity index (χ4n) is 4.18. The van der Waals surface area contributed by atoms with Crippen LogP contribution in [0.4, 0.5) is 17.6 Å². The molecule has 6 heteroatoms. The van der Waals surface area contributed by atoms with E-state index in [0.717, 1.165) is 18.6 Å². The van der Waals surface area contributed by atoms with E-state index in [-0.39, 0.29) is 48.0 Å². The molecule has 0 spiro atoms. The zero-order valence-electron chi connectivity index (χ0n) is 16.4. The van der Waals surface area contributed by atoms with E-state index in [1.54, 1.807) is 13.0 Å². The van der Waals surface area contributed by atoms with Gasteiger partial charge in [-0.3, -0.25) is 0 Å². The van der Waals surface area contributed by atoms with Crippen molar-refractivity contribution in [2.75, 3.05) is 13.2 Å². The lowest BCUT2D eigenvalue weighted by molar-refractivity contribution is 0.164. The molecule has 2 aliphatic rings. The fraction of sp³-hybridized carbons (Fsp3) is 0.391. The van der Waals surface area contributed by atoms with Gasteiger partial charge in [0.05, 0.1) is 19.0 Å². The first kappa shape index (κ1) is 19.8. The minimum absolute atomic E-state index is 0.171. The van der Waals surface area contributed by atoms with E-state index in [1.165, 1.54) is 6.07 Å². The van der Waals surface area contributed by atoms with Gasteiger partial charge in [0.25, 0.3) is 0 Å². The summed E-state index contributed by atoms with van der Waals surface area (Å²) in [5, 5.41) is 0. The summed E-state index contributed by atoms with van der Waals surface area (Å²) in [5.41, 5.74) is 0.646. The van der Waals surface area contributed by atoms with Gasteiger partial charge in [-0.2, -0.15) is 4.39 Å². The summed E-state index contributed by atoms with van der Waals surface area (Å²) in [6.45, 7) is 4.14. The number of hydrogen-bond acceptors (Lipinski definition) is 2. The number of benzene rings is 2. The van der Waals surface area contributed by atoms with Gasteiger partial charge in [-0.15, -0.1) is 0 Å². The highest BCUT2D eigenvalue weighted by Crippen LogP contribution is 2.46. The van der Waals surface area contributed by atoms with Crippen LogP contribution < -0.4 is 4.74 Å². The molecule has 0 N–H and O–H groups in total. The second kappa shape index (κ2) is 7.73. The molecule has 0 radical (unpaired) electrons. The molecular formula is C23H22F4O2. The summed E-state index contributed by atoms with van der Waals surface area (Å²) in [7, 11) is 0. The van der Waals surface area contributed by atoms with Crippen molar-refractivity contribution in [2.45, 2.75) is 45.4 Å². The molecule has 2 aromatic rings. The second-order valence-corrected chi connectivity index (χ2v) is 7.44. The first-order valence-corrected chi connectivity index (χ1v) is 9.92. The van der Waals surface area contributed by atoms with E-state index in [2.05, 4.69) is 0 Å². The molecule has 1 unspecified atom stereocenters. The zero-order valence-corrected chi connectivity index (χ0v) is 16.4. The summed E-state index contributed by atoms with van der Waals surface area (Å²) >= 11 is 0. The molecule has 0 bridgehead atoms. The zero-order chi connectivity index (χ0) is 20.7. The van der Waals surface area contributed by atoms with Gasteiger partial charge in [0.1, 0.15) is 0 Å². The van der Waals surface area contributed by atoms with E-state index >= 15 is 4.39 Å². The average molecular weight is 406 g/mol. The SMILES string of the molecule is CCCC1=CCC(c2cc3c(c(F)c2F)-c2c(cc(OCC)c(F)c2F)C3)CO1. The Bertz CT molecular complexity index is 997. The summed E-state index contributed by atoms with van der Waals surface area (Å²) in [6.07, 6.45) is 4.42. The van der Waals surface area contributed by atoms with Gasteiger partial charge in [-0.1, -0.05) is 13.0 Å². The largest absolute Gasteiger partial charge is 0.498 e. The Kier molecular flexibility index (Phi) is 5.28. The molecule has 0 aromatic heterocycles. The van der Waals surface area contributed by atoms with Crippen LogP contribution in [-0.4, -0.2) is 13.2 Å². The molecule has 1 aliphatic heterocycles. The van der Waals surface area contributed by atoms with E-state index in [1.807, 2.05) is 13.0 Å². The lowest BCUT2D eigenvalue weighted by atomic mass is 9.90. The van der Waals surface area contributed by atoms with Crippen molar-refractivity contribution in [3.8, 4) is 16.9 Å². The van der Waals surface area contributed by atoms with E-state index in [4.69, 9.17) is 9.47 Å². The minimum atomic E-state index is -1.20. The van der Waals surface area contributed by atoms with Crippen molar-refractivity contribution in [3.05, 3.63) is 63.9 Å². The molecule has 2 aromatic carbocycles. The van der Waals surface area contributed by atoms with Crippen LogP contribution in [0.5, 0.6) is 5.75 Å². The lowest BCUT2D eigenvalue weighted by Crippen LogP contribution is -2.15. The number of allylic oxidation sites excluding steroid dienone is 2. The van der Waals surface area contributed by atoms with Gasteiger partial charge < -0.3 is 9.47 Å². The summed E-state index contributed by atoms with van der Waals surface area (Å²) in [4.78, 5) is 0. The smallest absolute Gasteiger partial charge is 0.201 e. The minimum Gasteiger partial charge on any atom is -0.498 e. The Morgan fingerprint density at radius 3 is 2.28 bits per heavy atom. The van der Waals surface area contributed by atoms with Crippen molar-refractivity contribution < 1.29 is 27.0 Å². The second-order valence-electron chi connectivity index (χ2n) is 7.44. The lowest BCUT2D eigenvalue weighted by Gasteiger charge is -2.24. The molecular weight excluding hydrogens is 384 g/mol. The number of fused-ring (bicyclic) bond motifs is 3. The third-order valence-corrected chi connectivity index (χ3v) is 5.54. The normalized spacial score (nSPS) is 17.4. The van der Waals surface area contributed by atoms with Crippen molar-refractivity contribution in [1.82, 2.24) is 0 Å². The molecule has 0 amide bonds. The van der Waals surface area contributed by atoms with Gasteiger partial charge in [0, 0.05) is 23.5 Å². The maximum Gasteiger partial charge on any atom is 0.201 e. The van der Waals surface area contributed by atoms with Crippen LogP contribution in [0.25, 0.3) is 11.1 Å². The standard InChI is InChI=1S/C23H22F4O2/c1-3-5-15-7-6-12(11-29-15)16-9-13-8-14-10-17(28-4-2)21(25)23(27)19(14)18(13)22(26)20(16)24/h7,9-10,12H,3-6,8,11H2,1-2H3. The summed E-state index contributed by atoms with van der Waals surface area (Å²) in [5.74, 6) is -4.21. The maximum atomic E-state index is 15.0. The third-order valence-electron chi connectivity index (χ3n) is 5.54. The average Bonchev–Trinajstić information content (AvgIpc) is 3.08. The highest BCUT2D eigenvalue weighted by Gasteiger charge is 2.34. The van der Waals surface area contributed by atoms with Gasteiger partial charge >= 0.3 is 0 Å². The van der Waals surface area contributed by atoms with Crippen LogP contribution in [0.15, 0.2) is 24.0 Å². The van der Waals surface area contributed by atoms with Crippen LogP contribution in [0.3, 0.4) is 0 Å². The monoisotopic (exact) mass is 406 g/mol. The Morgan fingerprint density at radius 1 is 0.966 bits per heavy atom. The first-order valence-electron chi connectivity index (χ1n) is 9.92. The highest BCUT2D eigenvalue weighted by atomic mass is 19.2. The molecule has 0 fully saturated rings. The number of hydrogen-bond donors (Lipinski definition) is 0. The number of rotatable bonds is 5. The third kappa shape index (κ3) is 3.28. The van der Waals surface area contributed by atoms with Crippen LogP contribution in [0.1, 0.15) is 55.7 Å². The molecule has 1 atom stereocenters. The molecule has 1 aliphatic carbocycles. The fourth-order valence-corrected chi connectivity index (χ4v) is 4.18. The summed E-state index contributed by atoms with van der Waals surface area (Å²) < 4.78 is 69.7. The van der Waals surface area contributed by atoms with Crippen LogP contribution in [0.2, 0.25) is 0 Å². The molecule has 1 heterocycles. The van der Waals surface area contributed by atoms with Crippen molar-refractivity contribution in [1.29, 1.82) is 0 Å². The molecule has 29 heavy (non-hydrogen) atoms. The summed E-state index contributed by atoms with van der Waals surface area (Å²) in [6, 6.07) is 2.94. The van der Waals surface area contributed by atoms with Crippen molar-refractivity contribution in [3.63, 3.8) is 0 Å². The Morgan fingerprint density at radius 2 is 1.66 bits per heavy atom. The van der Waals surface area contributed by atoms with Crippen molar-refractivity contribution in [2.24, 2.45) is 0 Å². The Hall–Kier alpha value is -2.50. The first-order chi connectivity index (χ1) is 14.0. The van der Waals surface area contributed by atoms with E-state index in [9.17, 15) is 13.2 Å². The van der Waals surface area contributed by atoms with Crippen LogP contribution >= 0.6 is 0 Å². The molecule has 154 valence electrons. The van der Waals surface area contributed by atoms with Gasteiger partial charge in [-0.25, -0.2) is 13.2 Å². The Labute approximate surface area is 167 Å². The van der Waals surface area contributed by atoms with Crippen molar-refractivity contribution >= 4 is 0 Å². The molecule has 0 saturated heterocycles. The quantitative estimate of drug-likeness (QED) is 0.457. The topological polar surface area (TPSA) is 18.5 Å². The van der Waals surface area contributed by atoms with E-state index in [0.29, 0.717) is 17.5 Å². The molecule has 0 saturated carbocycles. The molecule has 2 nitrogen and oxygen atoms in total. The van der Waals surface area contributed by atoms with Gasteiger partial charge in [0.15, 0.2) is 23.2 Å². The maximum absolute atomic E-state index is 15.0. The van der Waals surface area contributed by atoms with Gasteiger partial charge in [-0.05, 0) is 55.0 Å². The number of halogens is 4. The van der Waals surface area contributed by atoms with Crippen LogP contribution in [-0.2, 0) is 11.2 Å². The van der Waals surface area contributed by atoms with E-state index < -0.39 is 23.3 Å².